The Labute approximate surface area is 186 Å². The molecular formula is C24H17BrFNO4. The van der Waals surface area contributed by atoms with E-state index in [9.17, 15) is 9.18 Å². The van der Waals surface area contributed by atoms with Gasteiger partial charge in [-0.1, -0.05) is 46.3 Å². The average Bonchev–Trinajstić information content (AvgIpc) is 3.14. The molecular weight excluding hydrogens is 465 g/mol. The predicted molar refractivity (Wildman–Crippen MR) is 118 cm³/mol. The summed E-state index contributed by atoms with van der Waals surface area (Å²) in [6.07, 6.45) is 1.58. The van der Waals surface area contributed by atoms with Crippen LogP contribution in [0.4, 0.5) is 4.39 Å². The fraction of sp³-hybridized carbons (Fsp3) is 0.0833. The molecule has 4 rings (SSSR count). The van der Waals surface area contributed by atoms with E-state index in [1.165, 1.54) is 18.2 Å². The van der Waals surface area contributed by atoms with Gasteiger partial charge >= 0.3 is 5.97 Å². The molecule has 0 radical (unpaired) electrons. The first-order valence-corrected chi connectivity index (χ1v) is 10.2. The van der Waals surface area contributed by atoms with Gasteiger partial charge in [-0.3, -0.25) is 0 Å². The number of aliphatic imine (C=N–C) groups is 1. The van der Waals surface area contributed by atoms with Crippen molar-refractivity contribution < 1.29 is 23.4 Å². The van der Waals surface area contributed by atoms with Crippen LogP contribution in [0.25, 0.3) is 6.08 Å². The Balaban J connectivity index is 1.55. The van der Waals surface area contributed by atoms with Crippen LogP contribution in [-0.4, -0.2) is 19.0 Å². The zero-order chi connectivity index (χ0) is 21.8. The summed E-state index contributed by atoms with van der Waals surface area (Å²) < 4.78 is 30.9. The number of hydrogen-bond acceptors (Lipinski definition) is 5. The highest BCUT2D eigenvalue weighted by molar-refractivity contribution is 9.10. The van der Waals surface area contributed by atoms with E-state index in [-0.39, 0.29) is 11.6 Å². The van der Waals surface area contributed by atoms with Crippen molar-refractivity contribution in [2.75, 3.05) is 7.11 Å². The van der Waals surface area contributed by atoms with Crippen molar-refractivity contribution in [2.24, 2.45) is 4.99 Å². The van der Waals surface area contributed by atoms with Crippen molar-refractivity contribution >= 4 is 33.9 Å². The SMILES string of the molecule is COc1cc(/C=C2\N=C(c3cccc(F)c3)OC2=O)ccc1OCc1ccccc1Br. The maximum Gasteiger partial charge on any atom is 0.363 e. The van der Waals surface area contributed by atoms with Crippen LogP contribution in [0.3, 0.4) is 0 Å². The van der Waals surface area contributed by atoms with Crippen LogP contribution in [0.15, 0.2) is 81.9 Å². The van der Waals surface area contributed by atoms with E-state index >= 15 is 0 Å². The largest absolute Gasteiger partial charge is 0.493 e. The van der Waals surface area contributed by atoms with Crippen LogP contribution in [0, 0.1) is 5.82 Å². The highest BCUT2D eigenvalue weighted by atomic mass is 79.9. The summed E-state index contributed by atoms with van der Waals surface area (Å²) in [6.45, 7) is 0.367. The van der Waals surface area contributed by atoms with Gasteiger partial charge in [0.1, 0.15) is 12.4 Å². The maximum atomic E-state index is 13.4. The molecule has 0 N–H and O–H groups in total. The van der Waals surface area contributed by atoms with Gasteiger partial charge in [0.25, 0.3) is 0 Å². The van der Waals surface area contributed by atoms with E-state index in [0.717, 1.165) is 10.0 Å². The number of esters is 1. The van der Waals surface area contributed by atoms with Crippen LogP contribution in [0.1, 0.15) is 16.7 Å². The Kier molecular flexibility index (Phi) is 6.13. The molecule has 1 heterocycles. The number of cyclic esters (lactones) is 1. The van der Waals surface area contributed by atoms with Crippen molar-refractivity contribution in [3.8, 4) is 11.5 Å². The number of nitrogens with zero attached hydrogens (tertiary/aromatic N) is 1. The molecule has 0 atom stereocenters. The van der Waals surface area contributed by atoms with Crippen LogP contribution in [-0.2, 0) is 16.1 Å². The van der Waals surface area contributed by atoms with Crippen LogP contribution in [0.5, 0.6) is 11.5 Å². The first-order valence-electron chi connectivity index (χ1n) is 9.36. The number of benzene rings is 3. The molecule has 1 aliphatic rings. The number of methoxy groups -OCH3 is 1. The molecule has 3 aromatic carbocycles. The van der Waals surface area contributed by atoms with Gasteiger partial charge in [-0.05, 0) is 48.0 Å². The fourth-order valence-electron chi connectivity index (χ4n) is 2.98. The van der Waals surface area contributed by atoms with Gasteiger partial charge in [0.15, 0.2) is 17.2 Å². The third-order valence-corrected chi connectivity index (χ3v) is 5.30. The molecule has 0 amide bonds. The first kappa shape index (κ1) is 20.8. The lowest BCUT2D eigenvalue weighted by molar-refractivity contribution is -0.129. The van der Waals surface area contributed by atoms with Gasteiger partial charge in [0.05, 0.1) is 7.11 Å². The maximum absolute atomic E-state index is 13.4. The van der Waals surface area contributed by atoms with Gasteiger partial charge in [0.2, 0.25) is 5.90 Å². The molecule has 5 nitrogen and oxygen atoms in total. The van der Waals surface area contributed by atoms with E-state index in [2.05, 4.69) is 20.9 Å². The summed E-state index contributed by atoms with van der Waals surface area (Å²) in [7, 11) is 1.54. The second-order valence-corrected chi connectivity index (χ2v) is 7.49. The number of ether oxygens (including phenoxy) is 3. The summed E-state index contributed by atoms with van der Waals surface area (Å²) in [5.41, 5.74) is 2.19. The molecule has 7 heteroatoms. The monoisotopic (exact) mass is 481 g/mol. The van der Waals surface area contributed by atoms with Crippen LogP contribution in [0.2, 0.25) is 0 Å². The Morgan fingerprint density at radius 2 is 1.90 bits per heavy atom. The van der Waals surface area contributed by atoms with Crippen molar-refractivity contribution in [1.82, 2.24) is 0 Å². The van der Waals surface area contributed by atoms with E-state index < -0.39 is 11.8 Å². The second-order valence-electron chi connectivity index (χ2n) is 6.64. The fourth-order valence-corrected chi connectivity index (χ4v) is 3.38. The number of rotatable bonds is 6. The summed E-state index contributed by atoms with van der Waals surface area (Å²) in [5, 5.41) is 0. The molecule has 0 saturated heterocycles. The Morgan fingerprint density at radius 1 is 1.06 bits per heavy atom. The standard InChI is InChI=1S/C24H17BrFNO4/c1-29-22-12-15(9-10-21(22)30-14-17-5-2-3-8-19(17)25)11-20-24(28)31-23(27-20)16-6-4-7-18(26)13-16/h2-13H,14H2,1H3/b20-11-. The van der Waals surface area contributed by atoms with Gasteiger partial charge < -0.3 is 14.2 Å². The molecule has 156 valence electrons. The van der Waals surface area contributed by atoms with E-state index in [4.69, 9.17) is 14.2 Å². The molecule has 31 heavy (non-hydrogen) atoms. The molecule has 3 aromatic rings. The van der Waals surface area contributed by atoms with E-state index in [1.54, 1.807) is 37.5 Å². The molecule has 0 unspecified atom stereocenters. The number of carbonyl (C=O) groups excluding carboxylic acids is 1. The molecule has 0 spiro atoms. The van der Waals surface area contributed by atoms with Crippen molar-refractivity contribution in [3.63, 3.8) is 0 Å². The Bertz CT molecular complexity index is 1210. The smallest absolute Gasteiger partial charge is 0.363 e. The molecule has 0 saturated carbocycles. The highest BCUT2D eigenvalue weighted by Gasteiger charge is 2.24. The second kappa shape index (κ2) is 9.14. The van der Waals surface area contributed by atoms with Crippen molar-refractivity contribution in [3.05, 3.63) is 99.4 Å². The van der Waals surface area contributed by atoms with Crippen molar-refractivity contribution in [2.45, 2.75) is 6.61 Å². The van der Waals surface area contributed by atoms with E-state index in [1.807, 2.05) is 24.3 Å². The normalized spacial score (nSPS) is 14.4. The lowest BCUT2D eigenvalue weighted by Crippen LogP contribution is -2.05. The number of hydrogen-bond donors (Lipinski definition) is 0. The molecule has 0 aliphatic carbocycles. The zero-order valence-corrected chi connectivity index (χ0v) is 18.1. The lowest BCUT2D eigenvalue weighted by atomic mass is 10.1. The topological polar surface area (TPSA) is 57.1 Å². The molecule has 1 aliphatic heterocycles. The Morgan fingerprint density at radius 3 is 2.68 bits per heavy atom. The van der Waals surface area contributed by atoms with E-state index in [0.29, 0.717) is 29.2 Å². The molecule has 0 aromatic heterocycles. The average molecular weight is 482 g/mol. The lowest BCUT2D eigenvalue weighted by Gasteiger charge is -2.12. The van der Waals surface area contributed by atoms with Gasteiger partial charge in [-0.15, -0.1) is 0 Å². The molecule has 0 bridgehead atoms. The minimum atomic E-state index is -0.604. The molecule has 0 fully saturated rings. The van der Waals surface area contributed by atoms with Gasteiger partial charge in [-0.2, -0.15) is 0 Å². The number of halogens is 2. The third-order valence-electron chi connectivity index (χ3n) is 4.52. The predicted octanol–water partition coefficient (Wildman–Crippen LogP) is 5.52. The quantitative estimate of drug-likeness (QED) is 0.343. The summed E-state index contributed by atoms with van der Waals surface area (Å²) >= 11 is 3.50. The highest BCUT2D eigenvalue weighted by Crippen LogP contribution is 2.31. The Hall–Kier alpha value is -3.45. The van der Waals surface area contributed by atoms with Crippen molar-refractivity contribution in [1.29, 1.82) is 0 Å². The minimum absolute atomic E-state index is 0.0658. The zero-order valence-electron chi connectivity index (χ0n) is 16.5. The summed E-state index contributed by atoms with van der Waals surface area (Å²) in [5.74, 6) is 0.112. The minimum Gasteiger partial charge on any atom is -0.493 e. The summed E-state index contributed by atoms with van der Waals surface area (Å²) in [4.78, 5) is 16.4. The van der Waals surface area contributed by atoms with Crippen LogP contribution < -0.4 is 9.47 Å². The first-order chi connectivity index (χ1) is 15.0. The number of carbonyl (C=O) groups is 1. The third kappa shape index (κ3) is 4.83. The van der Waals surface area contributed by atoms with Gasteiger partial charge in [-0.25, -0.2) is 14.2 Å². The summed E-state index contributed by atoms with van der Waals surface area (Å²) in [6, 6.07) is 18.8. The van der Waals surface area contributed by atoms with Gasteiger partial charge in [0, 0.05) is 15.6 Å². The van der Waals surface area contributed by atoms with Crippen LogP contribution >= 0.6 is 15.9 Å².